The van der Waals surface area contributed by atoms with Crippen LogP contribution in [0, 0.1) is 0 Å². The zero-order valence-corrected chi connectivity index (χ0v) is 14.8. The fraction of sp³-hybridized carbons (Fsp3) is 0.333. The number of rotatable bonds is 5. The van der Waals surface area contributed by atoms with E-state index in [2.05, 4.69) is 5.10 Å². The molecule has 0 aliphatic carbocycles. The number of aromatic hydroxyl groups is 1. The zero-order chi connectivity index (χ0) is 19.9. The molecular formula is C15H15F3N2O5S. The smallest absolute Gasteiger partial charge is 0.417 e. The summed E-state index contributed by atoms with van der Waals surface area (Å²) in [6.45, 7) is 1.90. The fourth-order valence-electron chi connectivity index (χ4n) is 2.45. The van der Waals surface area contributed by atoms with E-state index in [1.54, 1.807) is 6.92 Å². The van der Waals surface area contributed by atoms with Crippen molar-refractivity contribution in [2.45, 2.75) is 24.5 Å². The summed E-state index contributed by atoms with van der Waals surface area (Å²) in [6, 6.07) is 1.30. The number of ether oxygens (including phenoxy) is 1. The Hall–Kier alpha value is -2.56. The maximum atomic E-state index is 13.2. The Morgan fingerprint density at radius 1 is 1.31 bits per heavy atom. The average molecular weight is 392 g/mol. The Bertz CT molecular complexity index is 964. The van der Waals surface area contributed by atoms with E-state index in [1.807, 2.05) is 0 Å². The minimum Gasteiger partial charge on any atom is -0.495 e. The van der Waals surface area contributed by atoms with Gasteiger partial charge in [-0.3, -0.25) is 4.79 Å². The van der Waals surface area contributed by atoms with Crippen LogP contribution in [-0.2, 0) is 22.6 Å². The van der Waals surface area contributed by atoms with Gasteiger partial charge in [-0.2, -0.15) is 18.3 Å². The van der Waals surface area contributed by atoms with Crippen molar-refractivity contribution in [1.82, 2.24) is 9.78 Å². The summed E-state index contributed by atoms with van der Waals surface area (Å²) >= 11 is 0. The molecular weight excluding hydrogens is 377 g/mol. The quantitative estimate of drug-likeness (QED) is 0.784. The van der Waals surface area contributed by atoms with Gasteiger partial charge in [-0.25, -0.2) is 13.1 Å². The molecule has 2 aromatic rings. The lowest BCUT2D eigenvalue weighted by atomic mass is 10.0. The molecule has 7 nitrogen and oxygen atoms in total. The number of alkyl halides is 3. The van der Waals surface area contributed by atoms with Gasteiger partial charge in [-0.05, 0) is 19.1 Å². The SMILES string of the molecule is CCn1ncc(C(=O)c2ccc(C(F)(F)F)c(S(C)(=O)=O)c2OC)c1O. The molecule has 0 atom stereocenters. The molecule has 0 amide bonds. The van der Waals surface area contributed by atoms with E-state index in [9.17, 15) is 31.5 Å². The molecule has 0 radical (unpaired) electrons. The maximum absolute atomic E-state index is 13.2. The molecule has 0 aliphatic rings. The molecule has 2 rings (SSSR count). The predicted octanol–water partition coefficient (Wildman–Crippen LogP) is 2.27. The van der Waals surface area contributed by atoms with Crippen LogP contribution in [0.1, 0.15) is 28.4 Å². The van der Waals surface area contributed by atoms with Gasteiger partial charge < -0.3 is 9.84 Å². The van der Waals surface area contributed by atoms with Gasteiger partial charge in [-0.1, -0.05) is 0 Å². The van der Waals surface area contributed by atoms with Crippen LogP contribution in [0.4, 0.5) is 13.2 Å². The lowest BCUT2D eigenvalue weighted by Crippen LogP contribution is -2.16. The van der Waals surface area contributed by atoms with Crippen molar-refractivity contribution >= 4 is 15.6 Å². The standard InChI is InChI=1S/C15H15F3N2O5S/c1-4-20-14(22)9(7-19-20)11(21)8-5-6-10(15(16,17)18)13(12(8)25-2)26(3,23)24/h5-7,22H,4H2,1-3H3. The van der Waals surface area contributed by atoms with Crippen LogP contribution in [0.5, 0.6) is 11.6 Å². The molecule has 1 N–H and O–H groups in total. The number of nitrogens with zero attached hydrogens (tertiary/aromatic N) is 2. The highest BCUT2D eigenvalue weighted by Crippen LogP contribution is 2.41. The van der Waals surface area contributed by atoms with E-state index < -0.39 is 49.4 Å². The molecule has 142 valence electrons. The van der Waals surface area contributed by atoms with Crippen LogP contribution in [0.15, 0.2) is 23.2 Å². The van der Waals surface area contributed by atoms with Gasteiger partial charge in [0.25, 0.3) is 0 Å². The van der Waals surface area contributed by atoms with Crippen molar-refractivity contribution < 1.29 is 36.2 Å². The van der Waals surface area contributed by atoms with Gasteiger partial charge in [0, 0.05) is 12.8 Å². The minimum atomic E-state index is -4.97. The Labute approximate surface area is 146 Å². The van der Waals surface area contributed by atoms with Gasteiger partial charge in [-0.15, -0.1) is 0 Å². The summed E-state index contributed by atoms with van der Waals surface area (Å²) < 4.78 is 69.5. The molecule has 1 heterocycles. The maximum Gasteiger partial charge on any atom is 0.417 e. The molecule has 26 heavy (non-hydrogen) atoms. The molecule has 0 aliphatic heterocycles. The lowest BCUT2D eigenvalue weighted by molar-refractivity contribution is -0.140. The highest BCUT2D eigenvalue weighted by atomic mass is 32.2. The predicted molar refractivity (Wildman–Crippen MR) is 84.1 cm³/mol. The molecule has 1 aromatic heterocycles. The lowest BCUT2D eigenvalue weighted by Gasteiger charge is -2.17. The van der Waals surface area contributed by atoms with Crippen molar-refractivity contribution in [3.63, 3.8) is 0 Å². The number of carbonyl (C=O) groups excluding carboxylic acids is 1. The summed E-state index contributed by atoms with van der Waals surface area (Å²) in [6.07, 6.45) is -3.35. The van der Waals surface area contributed by atoms with E-state index in [0.717, 1.165) is 24.1 Å². The van der Waals surface area contributed by atoms with Crippen molar-refractivity contribution in [3.05, 3.63) is 35.0 Å². The van der Waals surface area contributed by atoms with Gasteiger partial charge >= 0.3 is 6.18 Å². The second kappa shape index (κ2) is 6.63. The average Bonchev–Trinajstić information content (AvgIpc) is 2.91. The second-order valence-electron chi connectivity index (χ2n) is 5.32. The van der Waals surface area contributed by atoms with E-state index >= 15 is 0 Å². The minimum absolute atomic E-state index is 0.248. The van der Waals surface area contributed by atoms with E-state index in [0.29, 0.717) is 12.3 Å². The highest BCUT2D eigenvalue weighted by molar-refractivity contribution is 7.90. The van der Waals surface area contributed by atoms with E-state index in [-0.39, 0.29) is 12.1 Å². The van der Waals surface area contributed by atoms with Gasteiger partial charge in [0.05, 0.1) is 24.4 Å². The third-order valence-corrected chi connectivity index (χ3v) is 4.74. The molecule has 0 fully saturated rings. The molecule has 0 saturated carbocycles. The number of hydrogen-bond donors (Lipinski definition) is 1. The number of sulfone groups is 1. The highest BCUT2D eigenvalue weighted by Gasteiger charge is 2.40. The van der Waals surface area contributed by atoms with Crippen molar-refractivity contribution in [3.8, 4) is 11.6 Å². The van der Waals surface area contributed by atoms with Crippen LogP contribution < -0.4 is 4.74 Å². The Morgan fingerprint density at radius 3 is 2.35 bits per heavy atom. The van der Waals surface area contributed by atoms with E-state index in [4.69, 9.17) is 4.74 Å². The summed E-state index contributed by atoms with van der Waals surface area (Å²) in [4.78, 5) is 11.5. The third kappa shape index (κ3) is 3.39. The topological polar surface area (TPSA) is 98.5 Å². The number of halogens is 3. The van der Waals surface area contributed by atoms with Crippen molar-refractivity contribution in [1.29, 1.82) is 0 Å². The normalized spacial score (nSPS) is 12.2. The zero-order valence-electron chi connectivity index (χ0n) is 14.0. The summed E-state index contributed by atoms with van der Waals surface area (Å²) in [7, 11) is -3.43. The van der Waals surface area contributed by atoms with Gasteiger partial charge in [0.15, 0.2) is 9.84 Å². The van der Waals surface area contributed by atoms with Crippen LogP contribution in [0.2, 0.25) is 0 Å². The molecule has 11 heteroatoms. The molecule has 0 unspecified atom stereocenters. The van der Waals surface area contributed by atoms with E-state index in [1.165, 1.54) is 0 Å². The Balaban J connectivity index is 2.79. The van der Waals surface area contributed by atoms with Crippen molar-refractivity contribution in [2.24, 2.45) is 0 Å². The summed E-state index contributed by atoms with van der Waals surface area (Å²) in [5.41, 5.74) is -2.17. The first-order chi connectivity index (χ1) is 11.9. The first-order valence-corrected chi connectivity index (χ1v) is 9.10. The number of ketones is 1. The van der Waals surface area contributed by atoms with Gasteiger partial charge in [0.1, 0.15) is 16.2 Å². The summed E-state index contributed by atoms with van der Waals surface area (Å²) in [5.74, 6) is -2.14. The van der Waals surface area contributed by atoms with Crippen LogP contribution in [0.25, 0.3) is 0 Å². The Kier molecular flexibility index (Phi) is 5.04. The number of hydrogen-bond acceptors (Lipinski definition) is 6. The molecule has 0 saturated heterocycles. The summed E-state index contributed by atoms with van der Waals surface area (Å²) in [5, 5.41) is 13.7. The fourth-order valence-corrected chi connectivity index (χ4v) is 3.56. The largest absolute Gasteiger partial charge is 0.495 e. The number of benzene rings is 1. The number of methoxy groups -OCH3 is 1. The van der Waals surface area contributed by atoms with Crippen molar-refractivity contribution in [2.75, 3.05) is 13.4 Å². The van der Waals surface area contributed by atoms with Crippen LogP contribution in [-0.4, -0.2) is 42.5 Å². The third-order valence-electron chi connectivity index (χ3n) is 3.59. The van der Waals surface area contributed by atoms with Crippen LogP contribution >= 0.6 is 0 Å². The molecule has 0 spiro atoms. The first-order valence-electron chi connectivity index (χ1n) is 7.21. The second-order valence-corrected chi connectivity index (χ2v) is 7.27. The number of aromatic nitrogens is 2. The Morgan fingerprint density at radius 2 is 1.92 bits per heavy atom. The number of aryl methyl sites for hydroxylation is 1. The first kappa shape index (κ1) is 19.8. The monoisotopic (exact) mass is 392 g/mol. The molecule has 0 bridgehead atoms. The van der Waals surface area contributed by atoms with Gasteiger partial charge in [0.2, 0.25) is 11.7 Å². The van der Waals surface area contributed by atoms with Crippen LogP contribution in [0.3, 0.4) is 0 Å². The number of carbonyl (C=O) groups is 1. The molecule has 1 aromatic carbocycles.